The van der Waals surface area contributed by atoms with Gasteiger partial charge in [0.2, 0.25) is 0 Å². The fourth-order valence-corrected chi connectivity index (χ4v) is 4.30. The van der Waals surface area contributed by atoms with Gasteiger partial charge in [-0.2, -0.15) is 5.10 Å². The highest BCUT2D eigenvalue weighted by Gasteiger charge is 2.15. The fraction of sp³-hybridized carbons (Fsp3) is 0.111. The van der Waals surface area contributed by atoms with E-state index in [1.54, 1.807) is 18.3 Å². The number of aromatic amines is 2. The van der Waals surface area contributed by atoms with Crippen LogP contribution in [0.5, 0.6) is 0 Å². The van der Waals surface area contributed by atoms with E-state index in [-0.39, 0.29) is 5.82 Å². The molecular formula is C27H22FN7. The number of hydrogen-bond acceptors (Lipinski definition) is 5. The molecular weight excluding hydrogens is 441 g/mol. The molecule has 6 rings (SSSR count). The van der Waals surface area contributed by atoms with Crippen molar-refractivity contribution in [3.05, 3.63) is 84.7 Å². The van der Waals surface area contributed by atoms with Crippen LogP contribution in [-0.2, 0) is 6.54 Å². The summed E-state index contributed by atoms with van der Waals surface area (Å²) in [4.78, 5) is 17.0. The zero-order chi connectivity index (χ0) is 23.8. The molecule has 0 amide bonds. The number of nitrogens with one attached hydrogen (secondary N) is 3. The van der Waals surface area contributed by atoms with E-state index in [1.807, 2.05) is 30.7 Å². The second-order valence-electron chi connectivity index (χ2n) is 8.37. The van der Waals surface area contributed by atoms with E-state index in [2.05, 4.69) is 54.5 Å². The van der Waals surface area contributed by atoms with E-state index in [0.29, 0.717) is 5.65 Å². The van der Waals surface area contributed by atoms with E-state index in [4.69, 9.17) is 0 Å². The van der Waals surface area contributed by atoms with Gasteiger partial charge in [-0.05, 0) is 60.6 Å². The molecule has 0 unspecified atom stereocenters. The van der Waals surface area contributed by atoms with Crippen molar-refractivity contribution >= 4 is 21.9 Å². The van der Waals surface area contributed by atoms with Gasteiger partial charge in [-0.1, -0.05) is 6.92 Å². The summed E-state index contributed by atoms with van der Waals surface area (Å²) in [6, 6.07) is 14.5. The molecule has 0 spiro atoms. The van der Waals surface area contributed by atoms with Crippen molar-refractivity contribution in [2.75, 3.05) is 6.54 Å². The number of pyridine rings is 3. The third kappa shape index (κ3) is 3.94. The lowest BCUT2D eigenvalue weighted by atomic mass is 10.1. The number of fused-ring (bicyclic) bond motifs is 2. The molecule has 6 aromatic rings. The van der Waals surface area contributed by atoms with Crippen molar-refractivity contribution in [2.24, 2.45) is 0 Å². The van der Waals surface area contributed by atoms with Gasteiger partial charge in [-0.15, -0.1) is 0 Å². The first-order valence-electron chi connectivity index (χ1n) is 11.4. The second kappa shape index (κ2) is 8.73. The van der Waals surface area contributed by atoms with Crippen LogP contribution < -0.4 is 5.32 Å². The molecule has 1 aromatic carbocycles. The van der Waals surface area contributed by atoms with Crippen LogP contribution in [0.3, 0.4) is 0 Å². The lowest BCUT2D eigenvalue weighted by Crippen LogP contribution is -2.11. The Kier molecular flexibility index (Phi) is 5.27. The summed E-state index contributed by atoms with van der Waals surface area (Å²) < 4.78 is 13.4. The molecule has 0 saturated heterocycles. The Morgan fingerprint density at radius 3 is 2.60 bits per heavy atom. The van der Waals surface area contributed by atoms with E-state index in [0.717, 1.165) is 68.7 Å². The fourth-order valence-electron chi connectivity index (χ4n) is 4.30. The van der Waals surface area contributed by atoms with Crippen LogP contribution in [0.2, 0.25) is 0 Å². The lowest BCUT2D eigenvalue weighted by Gasteiger charge is -2.06. The third-order valence-electron chi connectivity index (χ3n) is 6.05. The quantitative estimate of drug-likeness (QED) is 0.304. The molecule has 7 nitrogen and oxygen atoms in total. The maximum Gasteiger partial charge on any atom is 0.181 e. The van der Waals surface area contributed by atoms with Gasteiger partial charge in [0.1, 0.15) is 5.82 Å². The first-order chi connectivity index (χ1) is 17.2. The highest BCUT2D eigenvalue weighted by atomic mass is 19.1. The van der Waals surface area contributed by atoms with Gasteiger partial charge in [0.05, 0.1) is 17.1 Å². The molecule has 35 heavy (non-hydrogen) atoms. The molecule has 0 aliphatic heterocycles. The van der Waals surface area contributed by atoms with E-state index >= 15 is 0 Å². The van der Waals surface area contributed by atoms with Crippen LogP contribution in [-0.4, -0.2) is 36.7 Å². The number of aromatic nitrogens is 6. The zero-order valence-electron chi connectivity index (χ0n) is 19.0. The Balaban J connectivity index is 1.43. The maximum absolute atomic E-state index is 13.4. The standard InChI is InChI=1S/C27H22FN7/c1-2-29-12-16-9-18(14-30-13-16)19-10-22-26(34-35-27(22)32-15-19)24-11-21-23(33-24)7-8-31-25(21)17-3-5-20(28)6-4-17/h3-11,13-15,29,33H,2,12H2,1H3,(H,32,34,35). The minimum atomic E-state index is -0.273. The largest absolute Gasteiger partial charge is 0.353 e. The van der Waals surface area contributed by atoms with Crippen LogP contribution in [0.25, 0.3) is 55.7 Å². The summed E-state index contributed by atoms with van der Waals surface area (Å²) in [5, 5.41) is 12.7. The number of H-pyrrole nitrogens is 2. The van der Waals surface area contributed by atoms with Crippen molar-refractivity contribution < 1.29 is 4.39 Å². The summed E-state index contributed by atoms with van der Waals surface area (Å²) in [7, 11) is 0. The summed E-state index contributed by atoms with van der Waals surface area (Å²) in [5.41, 5.74) is 8.01. The third-order valence-corrected chi connectivity index (χ3v) is 6.05. The topological polar surface area (TPSA) is 95.2 Å². The highest BCUT2D eigenvalue weighted by Crippen LogP contribution is 2.33. The lowest BCUT2D eigenvalue weighted by molar-refractivity contribution is 0.628. The Hall–Kier alpha value is -4.43. The van der Waals surface area contributed by atoms with Crippen molar-refractivity contribution in [1.29, 1.82) is 0 Å². The van der Waals surface area contributed by atoms with Crippen molar-refractivity contribution in [3.8, 4) is 33.8 Å². The van der Waals surface area contributed by atoms with Crippen LogP contribution in [0, 0.1) is 5.82 Å². The van der Waals surface area contributed by atoms with E-state index in [1.165, 1.54) is 12.1 Å². The summed E-state index contributed by atoms with van der Waals surface area (Å²) in [5.74, 6) is -0.273. The summed E-state index contributed by atoms with van der Waals surface area (Å²) in [6.07, 6.45) is 7.29. The summed E-state index contributed by atoms with van der Waals surface area (Å²) >= 11 is 0. The first-order valence-corrected chi connectivity index (χ1v) is 11.4. The van der Waals surface area contributed by atoms with Gasteiger partial charge >= 0.3 is 0 Å². The molecule has 8 heteroatoms. The number of halogens is 1. The number of hydrogen-bond donors (Lipinski definition) is 3. The predicted molar refractivity (Wildman–Crippen MR) is 135 cm³/mol. The van der Waals surface area contributed by atoms with Gasteiger partial charge in [0.25, 0.3) is 0 Å². The SMILES string of the molecule is CCNCc1cncc(-c2cnc3n[nH]c(-c4cc5c(-c6ccc(F)cc6)nccc5[nH]4)c3c2)c1. The zero-order valence-corrected chi connectivity index (χ0v) is 19.0. The van der Waals surface area contributed by atoms with Crippen LogP contribution in [0.4, 0.5) is 4.39 Å². The summed E-state index contributed by atoms with van der Waals surface area (Å²) in [6.45, 7) is 3.75. The average molecular weight is 464 g/mol. The van der Waals surface area contributed by atoms with Gasteiger partial charge < -0.3 is 10.3 Å². The molecule has 0 bridgehead atoms. The molecule has 0 fully saturated rings. The molecule has 0 aliphatic carbocycles. The van der Waals surface area contributed by atoms with Crippen molar-refractivity contribution in [2.45, 2.75) is 13.5 Å². The Morgan fingerprint density at radius 2 is 1.74 bits per heavy atom. The number of rotatable bonds is 6. The monoisotopic (exact) mass is 463 g/mol. The minimum Gasteiger partial charge on any atom is -0.353 e. The molecule has 0 atom stereocenters. The Bertz CT molecular complexity index is 1650. The van der Waals surface area contributed by atoms with Crippen LogP contribution in [0.1, 0.15) is 12.5 Å². The van der Waals surface area contributed by atoms with Gasteiger partial charge in [0, 0.05) is 64.3 Å². The van der Waals surface area contributed by atoms with Crippen LogP contribution >= 0.6 is 0 Å². The Morgan fingerprint density at radius 1 is 0.886 bits per heavy atom. The molecule has 5 heterocycles. The van der Waals surface area contributed by atoms with Crippen molar-refractivity contribution in [1.82, 2.24) is 35.5 Å². The maximum atomic E-state index is 13.4. The predicted octanol–water partition coefficient (Wildman–Crippen LogP) is 5.48. The highest BCUT2D eigenvalue weighted by molar-refractivity contribution is 5.99. The Labute approximate surface area is 200 Å². The second-order valence-corrected chi connectivity index (χ2v) is 8.37. The van der Waals surface area contributed by atoms with E-state index < -0.39 is 0 Å². The van der Waals surface area contributed by atoms with Crippen LogP contribution in [0.15, 0.2) is 73.3 Å². The average Bonchev–Trinajstić information content (AvgIpc) is 3.51. The normalized spacial score (nSPS) is 11.5. The molecule has 0 saturated carbocycles. The van der Waals surface area contributed by atoms with Crippen molar-refractivity contribution in [3.63, 3.8) is 0 Å². The molecule has 0 radical (unpaired) electrons. The molecule has 0 aliphatic rings. The minimum absolute atomic E-state index is 0.273. The van der Waals surface area contributed by atoms with Gasteiger partial charge in [-0.3, -0.25) is 15.1 Å². The molecule has 172 valence electrons. The van der Waals surface area contributed by atoms with Gasteiger partial charge in [-0.25, -0.2) is 9.37 Å². The smallest absolute Gasteiger partial charge is 0.181 e. The number of nitrogens with zero attached hydrogens (tertiary/aromatic N) is 4. The van der Waals surface area contributed by atoms with Gasteiger partial charge in [0.15, 0.2) is 5.65 Å². The molecule has 3 N–H and O–H groups in total. The van der Waals surface area contributed by atoms with E-state index in [9.17, 15) is 4.39 Å². The molecule has 5 aromatic heterocycles. The number of benzene rings is 1. The first kappa shape index (κ1) is 21.1.